The lowest BCUT2D eigenvalue weighted by molar-refractivity contribution is 0.181. The lowest BCUT2D eigenvalue weighted by Gasteiger charge is -2.14. The molecule has 2 aromatic rings. The minimum Gasteiger partial charge on any atom is -0.387 e. The van der Waals surface area contributed by atoms with Crippen LogP contribution in [0.1, 0.15) is 34.7 Å². The molecule has 10 heteroatoms. The number of aromatic nitrogens is 2. The maximum atomic E-state index is 10.2. The summed E-state index contributed by atoms with van der Waals surface area (Å²) in [4.78, 5) is 8.34. The minimum atomic E-state index is -0.694. The molecule has 0 saturated heterocycles. The Bertz CT molecular complexity index is 720. The fraction of sp³-hybridized carbons (Fsp3) is 0.333. The smallest absolute Gasteiger partial charge is 0.144 e. The van der Waals surface area contributed by atoms with Crippen molar-refractivity contribution in [3.05, 3.63) is 59.2 Å². The summed E-state index contributed by atoms with van der Waals surface area (Å²) in [6, 6.07) is 7.39. The monoisotopic (exact) mass is 454 g/mol. The number of aliphatic hydroxyl groups is 2. The summed E-state index contributed by atoms with van der Waals surface area (Å²) in [6.45, 7) is 4.36. The van der Waals surface area contributed by atoms with Crippen LogP contribution in [-0.2, 0) is 0 Å². The van der Waals surface area contributed by atoms with Crippen LogP contribution in [0.5, 0.6) is 0 Å². The van der Waals surface area contributed by atoms with Crippen LogP contribution >= 0.6 is 46.0 Å². The molecule has 0 spiro atoms. The molecular weight excluding hydrogens is 432 g/mol. The van der Waals surface area contributed by atoms with Crippen molar-refractivity contribution >= 4 is 54.7 Å². The molecule has 6 nitrogen and oxygen atoms in total. The molecule has 28 heavy (non-hydrogen) atoms. The summed E-state index contributed by atoms with van der Waals surface area (Å²) in [5, 5.41) is 26.3. The highest BCUT2D eigenvalue weighted by Crippen LogP contribution is 2.24. The quantitative estimate of drug-likeness (QED) is 0.386. The Labute approximate surface area is 183 Å². The number of aliphatic hydroxyl groups excluding tert-OH is 2. The van der Waals surface area contributed by atoms with Gasteiger partial charge in [-0.25, -0.2) is 0 Å². The molecule has 0 aromatic carbocycles. The molecule has 0 saturated carbocycles. The zero-order valence-electron chi connectivity index (χ0n) is 15.5. The van der Waals surface area contributed by atoms with Gasteiger partial charge in [0.25, 0.3) is 0 Å². The number of nitrogens with one attached hydrogen (secondary N) is 2. The Morgan fingerprint density at radius 1 is 0.857 bits per heavy atom. The first-order valence-electron chi connectivity index (χ1n) is 8.46. The summed E-state index contributed by atoms with van der Waals surface area (Å²) < 4.78 is 1.02. The Morgan fingerprint density at radius 2 is 1.25 bits per heavy atom. The maximum absolute atomic E-state index is 10.2. The molecule has 0 aliphatic heterocycles. The van der Waals surface area contributed by atoms with Gasteiger partial charge in [0.1, 0.15) is 8.64 Å². The van der Waals surface area contributed by atoms with Gasteiger partial charge in [0.15, 0.2) is 0 Å². The fourth-order valence-electron chi connectivity index (χ4n) is 2.08. The number of pyridine rings is 2. The predicted molar refractivity (Wildman–Crippen MR) is 124 cm³/mol. The van der Waals surface area contributed by atoms with Crippen molar-refractivity contribution in [2.24, 2.45) is 0 Å². The van der Waals surface area contributed by atoms with Gasteiger partial charge in [-0.05, 0) is 47.6 Å². The first-order chi connectivity index (χ1) is 13.3. The molecule has 2 atom stereocenters. The first-order valence-corrected chi connectivity index (χ1v) is 11.4. The fourth-order valence-corrected chi connectivity index (χ4v) is 4.11. The molecule has 0 fully saturated rings. The number of nitrogens with zero attached hydrogens (tertiary/aromatic N) is 2. The van der Waals surface area contributed by atoms with Gasteiger partial charge in [-0.2, -0.15) is 0 Å². The predicted octanol–water partition coefficient (Wildman–Crippen LogP) is 2.99. The molecule has 0 amide bonds. The van der Waals surface area contributed by atoms with Crippen LogP contribution in [-0.4, -0.2) is 41.9 Å². The van der Waals surface area contributed by atoms with Crippen molar-refractivity contribution in [2.45, 2.75) is 26.1 Å². The van der Waals surface area contributed by atoms with Gasteiger partial charge in [-0.15, -0.1) is 0 Å². The largest absolute Gasteiger partial charge is 0.387 e. The van der Waals surface area contributed by atoms with E-state index in [2.05, 4.69) is 20.6 Å². The van der Waals surface area contributed by atoms with Crippen LogP contribution in [0.4, 0.5) is 0 Å². The van der Waals surface area contributed by atoms with Gasteiger partial charge >= 0.3 is 0 Å². The molecule has 2 aromatic heterocycles. The van der Waals surface area contributed by atoms with Gasteiger partial charge in [0.2, 0.25) is 0 Å². The Balaban J connectivity index is 1.65. The van der Waals surface area contributed by atoms with E-state index < -0.39 is 12.2 Å². The summed E-state index contributed by atoms with van der Waals surface area (Å²) in [6.07, 6.45) is 1.92. The van der Waals surface area contributed by atoms with Crippen LogP contribution in [0.25, 0.3) is 0 Å². The van der Waals surface area contributed by atoms with Crippen molar-refractivity contribution in [2.75, 3.05) is 13.1 Å². The third kappa shape index (κ3) is 7.98. The van der Waals surface area contributed by atoms with E-state index in [-0.39, 0.29) is 13.1 Å². The summed E-state index contributed by atoms with van der Waals surface area (Å²) in [7, 11) is 2.57. The number of rotatable bonds is 6. The topological polar surface area (TPSA) is 90.3 Å². The standard InChI is InChI=1S/C18H22N4O2S4/c1-11-3-5-13(7-19-11)15(23)9-21-17(25)27-28-18(26)22-10-16(24)14-6-4-12(2)20-8-14/h3-8,15-16,23-24H,9-10H2,1-2H3,(H,21,25)(H,22,26)/t15-,16-/m1/s1. The van der Waals surface area contributed by atoms with Crippen molar-refractivity contribution in [3.8, 4) is 0 Å². The van der Waals surface area contributed by atoms with Crippen LogP contribution in [0.2, 0.25) is 0 Å². The van der Waals surface area contributed by atoms with Gasteiger partial charge in [-0.1, -0.05) is 36.6 Å². The van der Waals surface area contributed by atoms with Gasteiger partial charge < -0.3 is 20.8 Å². The highest BCUT2D eigenvalue weighted by molar-refractivity contribution is 8.89. The van der Waals surface area contributed by atoms with Crippen molar-refractivity contribution in [1.82, 2.24) is 20.6 Å². The lowest BCUT2D eigenvalue weighted by Crippen LogP contribution is -2.26. The molecule has 150 valence electrons. The van der Waals surface area contributed by atoms with E-state index in [1.165, 1.54) is 21.6 Å². The highest BCUT2D eigenvalue weighted by atomic mass is 33.1. The Kier molecular flexibility index (Phi) is 9.56. The van der Waals surface area contributed by atoms with Crippen LogP contribution < -0.4 is 10.6 Å². The average molecular weight is 455 g/mol. The molecule has 2 rings (SSSR count). The van der Waals surface area contributed by atoms with Gasteiger partial charge in [0, 0.05) is 48.0 Å². The summed E-state index contributed by atoms with van der Waals surface area (Å²) in [5.41, 5.74) is 3.26. The third-order valence-electron chi connectivity index (χ3n) is 3.71. The van der Waals surface area contributed by atoms with Crippen molar-refractivity contribution < 1.29 is 10.2 Å². The van der Waals surface area contributed by atoms with Crippen molar-refractivity contribution in [3.63, 3.8) is 0 Å². The molecule has 4 N–H and O–H groups in total. The van der Waals surface area contributed by atoms with E-state index in [9.17, 15) is 10.2 Å². The number of hydrogen-bond acceptors (Lipinski definition) is 8. The second kappa shape index (κ2) is 11.6. The Hall–Kier alpha value is -1.30. The number of thiocarbonyl (C=S) groups is 2. The molecular formula is C18H22N4O2S4. The van der Waals surface area contributed by atoms with Crippen LogP contribution in [0.15, 0.2) is 36.7 Å². The lowest BCUT2D eigenvalue weighted by atomic mass is 10.1. The molecule has 2 heterocycles. The van der Waals surface area contributed by atoms with Crippen LogP contribution in [0, 0.1) is 13.8 Å². The molecule has 0 unspecified atom stereocenters. The molecule has 0 aliphatic rings. The maximum Gasteiger partial charge on any atom is 0.144 e. The SMILES string of the molecule is Cc1ccc([C@H](O)CNC(=S)SSC(=S)NC[C@@H](O)c2ccc(C)nc2)cn1. The third-order valence-corrected chi connectivity index (χ3v) is 7.06. The first kappa shape index (κ1) is 23.0. The molecule has 0 aliphatic carbocycles. The van der Waals surface area contributed by atoms with E-state index in [0.717, 1.165) is 22.5 Å². The van der Waals surface area contributed by atoms with Gasteiger partial charge in [-0.3, -0.25) is 9.97 Å². The highest BCUT2D eigenvalue weighted by Gasteiger charge is 2.11. The summed E-state index contributed by atoms with van der Waals surface area (Å²) >= 11 is 10.5. The molecule has 0 radical (unpaired) electrons. The van der Waals surface area contributed by atoms with E-state index in [0.29, 0.717) is 8.64 Å². The van der Waals surface area contributed by atoms with E-state index in [1.807, 2.05) is 38.1 Å². The second-order valence-corrected chi connectivity index (χ2v) is 9.48. The second-order valence-electron chi connectivity index (χ2n) is 6.00. The normalized spacial score (nSPS) is 12.9. The van der Waals surface area contributed by atoms with E-state index in [1.54, 1.807) is 12.4 Å². The zero-order valence-corrected chi connectivity index (χ0v) is 18.7. The minimum absolute atomic E-state index is 0.288. The zero-order chi connectivity index (χ0) is 20.5. The van der Waals surface area contributed by atoms with E-state index in [4.69, 9.17) is 24.4 Å². The molecule has 0 bridgehead atoms. The average Bonchev–Trinajstić information content (AvgIpc) is 2.69. The summed E-state index contributed by atoms with van der Waals surface area (Å²) in [5.74, 6) is 0. The van der Waals surface area contributed by atoms with Gasteiger partial charge in [0.05, 0.1) is 12.2 Å². The number of hydrogen-bond donors (Lipinski definition) is 4. The van der Waals surface area contributed by atoms with E-state index >= 15 is 0 Å². The van der Waals surface area contributed by atoms with Crippen LogP contribution in [0.3, 0.4) is 0 Å². The van der Waals surface area contributed by atoms with Crippen molar-refractivity contribution in [1.29, 1.82) is 0 Å². The Morgan fingerprint density at radius 3 is 1.57 bits per heavy atom. The number of aryl methyl sites for hydroxylation is 2.